The van der Waals surface area contributed by atoms with E-state index in [1.54, 1.807) is 35.1 Å². The molecule has 8 heteroatoms. The van der Waals surface area contributed by atoms with E-state index in [1.807, 2.05) is 43.6 Å². The summed E-state index contributed by atoms with van der Waals surface area (Å²) in [6.07, 6.45) is 5.31. The van der Waals surface area contributed by atoms with E-state index in [1.165, 1.54) is 0 Å². The first kappa shape index (κ1) is 17.7. The van der Waals surface area contributed by atoms with Crippen LogP contribution in [-0.2, 0) is 20.2 Å². The number of fused-ring (bicyclic) bond motifs is 1. The van der Waals surface area contributed by atoms with Crippen LogP contribution >= 0.6 is 0 Å². The lowest BCUT2D eigenvalue weighted by molar-refractivity contribution is 0.0774. The first-order valence-electron chi connectivity index (χ1n) is 8.75. The van der Waals surface area contributed by atoms with Crippen LogP contribution in [0.5, 0.6) is 5.75 Å². The maximum atomic E-state index is 12.5. The number of rotatable bonds is 6. The van der Waals surface area contributed by atoms with Gasteiger partial charge in [0.25, 0.3) is 5.91 Å². The van der Waals surface area contributed by atoms with Gasteiger partial charge in [0.2, 0.25) is 0 Å². The lowest BCUT2D eigenvalue weighted by Gasteiger charge is -2.13. The number of carbonyl (C=O) groups is 1. The molecule has 1 amide bonds. The lowest BCUT2D eigenvalue weighted by Crippen LogP contribution is -2.26. The number of para-hydroxylation sites is 1. The van der Waals surface area contributed by atoms with Crippen molar-refractivity contribution in [1.29, 1.82) is 0 Å². The molecule has 0 atom stereocenters. The van der Waals surface area contributed by atoms with Crippen LogP contribution in [0, 0.1) is 0 Å². The molecule has 0 aliphatic heterocycles. The predicted molar refractivity (Wildman–Crippen MR) is 102 cm³/mol. The Hall–Kier alpha value is -3.68. The van der Waals surface area contributed by atoms with Gasteiger partial charge in [-0.15, -0.1) is 0 Å². The van der Waals surface area contributed by atoms with Crippen LogP contribution in [0.15, 0.2) is 59.5 Å². The molecule has 4 aromatic rings. The monoisotopic (exact) mass is 377 g/mol. The van der Waals surface area contributed by atoms with E-state index in [4.69, 9.17) is 9.26 Å². The highest BCUT2D eigenvalue weighted by Crippen LogP contribution is 2.24. The van der Waals surface area contributed by atoms with Gasteiger partial charge in [0, 0.05) is 50.0 Å². The molecule has 0 aliphatic rings. The van der Waals surface area contributed by atoms with Gasteiger partial charge >= 0.3 is 0 Å². The van der Waals surface area contributed by atoms with Gasteiger partial charge in [0.1, 0.15) is 17.9 Å². The highest BCUT2D eigenvalue weighted by atomic mass is 16.5. The summed E-state index contributed by atoms with van der Waals surface area (Å²) in [7, 11) is 3.54. The fourth-order valence-corrected chi connectivity index (χ4v) is 2.92. The fourth-order valence-electron chi connectivity index (χ4n) is 2.92. The van der Waals surface area contributed by atoms with Crippen LogP contribution in [0.1, 0.15) is 21.8 Å². The Morgan fingerprint density at radius 1 is 1.29 bits per heavy atom. The summed E-state index contributed by atoms with van der Waals surface area (Å²) >= 11 is 0. The van der Waals surface area contributed by atoms with Gasteiger partial charge in [-0.3, -0.25) is 14.5 Å². The SMILES string of the molecule is CN(Cc1cnn(C)c1)C(=O)c1cc(COc2cccc3cccnc23)on1. The first-order valence-corrected chi connectivity index (χ1v) is 8.75. The molecule has 28 heavy (non-hydrogen) atoms. The van der Waals surface area contributed by atoms with Crippen molar-refractivity contribution in [3.63, 3.8) is 0 Å². The Balaban J connectivity index is 1.41. The predicted octanol–water partition coefficient (Wildman–Crippen LogP) is 2.81. The zero-order valence-corrected chi connectivity index (χ0v) is 15.6. The normalized spacial score (nSPS) is 10.9. The third-order valence-electron chi connectivity index (χ3n) is 4.27. The van der Waals surface area contributed by atoms with Crippen molar-refractivity contribution in [1.82, 2.24) is 24.8 Å². The number of aromatic nitrogens is 4. The summed E-state index contributed by atoms with van der Waals surface area (Å²) in [4.78, 5) is 18.5. The maximum absolute atomic E-state index is 12.5. The molecular weight excluding hydrogens is 358 g/mol. The standard InChI is InChI=1S/C20H19N5O3/c1-24(11-14-10-22-25(2)12-14)20(26)17-9-16(28-23-17)13-27-18-7-3-5-15-6-4-8-21-19(15)18/h3-10,12H,11,13H2,1-2H3. The zero-order valence-electron chi connectivity index (χ0n) is 15.6. The molecule has 0 bridgehead atoms. The Kier molecular flexibility index (Phi) is 4.76. The van der Waals surface area contributed by atoms with Gasteiger partial charge in [0.05, 0.1) is 6.20 Å². The van der Waals surface area contributed by atoms with Crippen LogP contribution in [0.2, 0.25) is 0 Å². The minimum Gasteiger partial charge on any atom is -0.483 e. The van der Waals surface area contributed by atoms with E-state index < -0.39 is 0 Å². The number of hydrogen-bond acceptors (Lipinski definition) is 6. The minimum atomic E-state index is -0.231. The van der Waals surface area contributed by atoms with Gasteiger partial charge in [-0.2, -0.15) is 5.10 Å². The summed E-state index contributed by atoms with van der Waals surface area (Å²) in [5.74, 6) is 0.882. The highest BCUT2D eigenvalue weighted by Gasteiger charge is 2.18. The molecule has 3 heterocycles. The highest BCUT2D eigenvalue weighted by molar-refractivity contribution is 5.92. The summed E-state index contributed by atoms with van der Waals surface area (Å²) in [6, 6.07) is 11.2. The van der Waals surface area contributed by atoms with E-state index in [-0.39, 0.29) is 18.2 Å². The first-order chi connectivity index (χ1) is 13.6. The average Bonchev–Trinajstić information content (AvgIpc) is 3.34. The number of aryl methyl sites for hydroxylation is 1. The number of carbonyl (C=O) groups excluding carboxylic acids is 1. The Labute approximate surface area is 161 Å². The van der Waals surface area contributed by atoms with E-state index in [2.05, 4.69) is 15.2 Å². The third-order valence-corrected chi connectivity index (χ3v) is 4.27. The summed E-state index contributed by atoms with van der Waals surface area (Å²) < 4.78 is 12.8. The summed E-state index contributed by atoms with van der Waals surface area (Å²) in [5.41, 5.74) is 1.95. The molecule has 0 saturated carbocycles. The average molecular weight is 377 g/mol. The lowest BCUT2D eigenvalue weighted by atomic mass is 10.2. The number of benzene rings is 1. The molecule has 1 aromatic carbocycles. The van der Waals surface area contributed by atoms with Crippen molar-refractivity contribution in [2.24, 2.45) is 7.05 Å². The number of pyridine rings is 1. The zero-order chi connectivity index (χ0) is 19.5. The Bertz CT molecular complexity index is 1110. The van der Waals surface area contributed by atoms with Crippen LogP contribution in [0.25, 0.3) is 10.9 Å². The van der Waals surface area contributed by atoms with Gasteiger partial charge in [-0.1, -0.05) is 23.4 Å². The Morgan fingerprint density at radius 2 is 2.14 bits per heavy atom. The molecule has 3 aromatic heterocycles. The minimum absolute atomic E-state index is 0.155. The number of hydrogen-bond donors (Lipinski definition) is 0. The largest absolute Gasteiger partial charge is 0.483 e. The molecule has 0 saturated heterocycles. The van der Waals surface area contributed by atoms with Crippen LogP contribution in [0.3, 0.4) is 0 Å². The van der Waals surface area contributed by atoms with Gasteiger partial charge in [-0.25, -0.2) is 0 Å². The van der Waals surface area contributed by atoms with E-state index in [9.17, 15) is 4.79 Å². The molecular formula is C20H19N5O3. The fraction of sp³-hybridized carbons (Fsp3) is 0.200. The summed E-state index contributed by atoms with van der Waals surface area (Å²) in [6.45, 7) is 0.593. The van der Waals surface area contributed by atoms with Crippen molar-refractivity contribution < 1.29 is 14.1 Å². The van der Waals surface area contributed by atoms with Crippen molar-refractivity contribution in [2.75, 3.05) is 7.05 Å². The van der Waals surface area contributed by atoms with E-state index in [0.29, 0.717) is 18.1 Å². The number of ether oxygens (including phenoxy) is 1. The molecule has 0 unspecified atom stereocenters. The number of nitrogens with zero attached hydrogens (tertiary/aromatic N) is 5. The van der Waals surface area contributed by atoms with Gasteiger partial charge in [-0.05, 0) is 12.1 Å². The molecule has 0 aliphatic carbocycles. The van der Waals surface area contributed by atoms with Crippen molar-refractivity contribution >= 4 is 16.8 Å². The van der Waals surface area contributed by atoms with Crippen molar-refractivity contribution in [2.45, 2.75) is 13.2 Å². The molecule has 142 valence electrons. The van der Waals surface area contributed by atoms with Crippen LogP contribution in [0.4, 0.5) is 0 Å². The summed E-state index contributed by atoms with van der Waals surface area (Å²) in [5, 5.41) is 8.97. The molecule has 0 radical (unpaired) electrons. The molecule has 0 fully saturated rings. The molecule has 0 N–H and O–H groups in total. The molecule has 4 rings (SSSR count). The van der Waals surface area contributed by atoms with Crippen molar-refractivity contribution in [3.8, 4) is 5.75 Å². The van der Waals surface area contributed by atoms with Crippen LogP contribution < -0.4 is 4.74 Å². The second-order valence-electron chi connectivity index (χ2n) is 6.48. The van der Waals surface area contributed by atoms with E-state index in [0.717, 1.165) is 16.5 Å². The quantitative estimate of drug-likeness (QED) is 0.514. The van der Waals surface area contributed by atoms with Gasteiger partial charge in [0.15, 0.2) is 11.5 Å². The number of amides is 1. The maximum Gasteiger partial charge on any atom is 0.276 e. The molecule has 8 nitrogen and oxygen atoms in total. The smallest absolute Gasteiger partial charge is 0.276 e. The Morgan fingerprint density at radius 3 is 2.96 bits per heavy atom. The topological polar surface area (TPSA) is 86.3 Å². The van der Waals surface area contributed by atoms with Crippen LogP contribution in [-0.4, -0.2) is 37.8 Å². The molecule has 0 spiro atoms. The third kappa shape index (κ3) is 3.71. The second kappa shape index (κ2) is 7.51. The second-order valence-corrected chi connectivity index (χ2v) is 6.48. The van der Waals surface area contributed by atoms with Crippen molar-refractivity contribution in [3.05, 3.63) is 72.0 Å². The van der Waals surface area contributed by atoms with E-state index >= 15 is 0 Å². The van der Waals surface area contributed by atoms with Gasteiger partial charge < -0.3 is 14.2 Å².